The summed E-state index contributed by atoms with van der Waals surface area (Å²) >= 11 is 0. The van der Waals surface area contributed by atoms with Crippen molar-refractivity contribution < 1.29 is 36.5 Å². The number of carbonyl (C=O) groups excluding carboxylic acids is 2. The smallest absolute Gasteiger partial charge is 0.219 e. The van der Waals surface area contributed by atoms with E-state index in [0.717, 1.165) is 0 Å². The first kappa shape index (κ1) is 13.0. The summed E-state index contributed by atoms with van der Waals surface area (Å²) in [6.45, 7) is -1.86. The molecule has 8 heteroatoms. The summed E-state index contributed by atoms with van der Waals surface area (Å²) in [6.07, 6.45) is -6.49. The first-order valence-corrected chi connectivity index (χ1v) is 4.26. The normalized spacial score (nSPS) is 21.2. The quantitative estimate of drug-likeness (QED) is 0.204. The summed E-state index contributed by atoms with van der Waals surface area (Å²) in [5.74, 6) is -1.07. The minimum Gasteiger partial charge on any atom is -0.393 e. The van der Waals surface area contributed by atoms with Gasteiger partial charge in [0.2, 0.25) is 5.91 Å². The number of hydrogen-bond donors (Lipinski definition) is 6. The fourth-order valence-corrected chi connectivity index (χ4v) is 1.05. The third-order valence-corrected chi connectivity index (χ3v) is 1.93. The monoisotopic (exact) mass is 238 g/mol. The van der Waals surface area contributed by atoms with Crippen LogP contribution in [0.5, 0.6) is 0 Å². The van der Waals surface area contributed by atoms with E-state index in [9.17, 15) is 24.9 Å². The third kappa shape index (κ3) is 3.22. The molecule has 0 saturated heterocycles. The van der Waals surface area contributed by atoms with Crippen molar-refractivity contribution in [2.45, 2.75) is 30.9 Å². The van der Waals surface area contributed by atoms with Crippen molar-refractivity contribution in [1.29, 1.82) is 0 Å². The summed E-state index contributed by atoms with van der Waals surface area (Å²) in [6, 6.07) is 0. The number of carbonyl (C=O) groups is 2. The lowest BCUT2D eigenvalue weighted by Gasteiger charge is -2.37. The zero-order valence-electron chi connectivity index (χ0n) is 9.28. The molecule has 0 saturated carbocycles. The van der Waals surface area contributed by atoms with Crippen LogP contribution in [0.1, 0.15) is 8.27 Å². The first-order chi connectivity index (χ1) is 7.83. The van der Waals surface area contributed by atoms with Crippen LogP contribution in [0, 0.1) is 0 Å². The summed E-state index contributed by atoms with van der Waals surface area (Å²) < 4.78 is 6.70. The maximum absolute atomic E-state index is 10.9. The van der Waals surface area contributed by atoms with Crippen molar-refractivity contribution in [2.75, 3.05) is 6.61 Å². The standard InChI is InChI=1S/C8H15NO7/c1-4(12)9-8(16,6(14)3-11)7(15)5(13)2-10/h2,5-7,11,13-16H,3H2,1H3,(H,9,12)/t5-,6+,7+,8+/m0/s1/i1D. The van der Waals surface area contributed by atoms with Crippen LogP contribution in [0.15, 0.2) is 0 Å². The molecule has 0 aliphatic carbocycles. The minimum atomic E-state index is -2.83. The van der Waals surface area contributed by atoms with Gasteiger partial charge in [0.1, 0.15) is 18.3 Å². The highest BCUT2D eigenvalue weighted by Crippen LogP contribution is 2.15. The van der Waals surface area contributed by atoms with Crippen LogP contribution in [-0.4, -0.2) is 68.4 Å². The Bertz CT molecular complexity index is 277. The lowest BCUT2D eigenvalue weighted by atomic mass is 9.96. The molecule has 0 fully saturated rings. The van der Waals surface area contributed by atoms with Gasteiger partial charge in [-0.3, -0.25) is 4.79 Å². The number of aldehydes is 1. The van der Waals surface area contributed by atoms with Crippen LogP contribution in [0.2, 0.25) is 0 Å². The van der Waals surface area contributed by atoms with Gasteiger partial charge in [0.25, 0.3) is 0 Å². The summed E-state index contributed by atoms with van der Waals surface area (Å²) in [4.78, 5) is 21.2. The Morgan fingerprint density at radius 2 is 2.12 bits per heavy atom. The van der Waals surface area contributed by atoms with E-state index in [4.69, 9.17) is 11.6 Å². The average Bonchev–Trinajstić information content (AvgIpc) is 2.35. The average molecular weight is 238 g/mol. The predicted octanol–water partition coefficient (Wildman–Crippen LogP) is -3.92. The van der Waals surface area contributed by atoms with Crippen LogP contribution < -0.4 is 5.32 Å². The molecule has 0 radical (unpaired) electrons. The van der Waals surface area contributed by atoms with Crippen LogP contribution in [0.3, 0.4) is 0 Å². The largest absolute Gasteiger partial charge is 0.393 e. The van der Waals surface area contributed by atoms with Gasteiger partial charge < -0.3 is 35.6 Å². The number of hydrogen-bond acceptors (Lipinski definition) is 7. The predicted molar refractivity (Wildman–Crippen MR) is 49.9 cm³/mol. The fourth-order valence-electron chi connectivity index (χ4n) is 1.05. The van der Waals surface area contributed by atoms with Crippen LogP contribution in [0.4, 0.5) is 0 Å². The van der Waals surface area contributed by atoms with Gasteiger partial charge in [-0.05, 0) is 0 Å². The van der Waals surface area contributed by atoms with Crippen LogP contribution in [0.25, 0.3) is 0 Å². The number of aliphatic hydroxyl groups excluding tert-OH is 4. The van der Waals surface area contributed by atoms with E-state index < -0.39 is 43.5 Å². The Morgan fingerprint density at radius 3 is 2.50 bits per heavy atom. The third-order valence-electron chi connectivity index (χ3n) is 1.93. The highest BCUT2D eigenvalue weighted by Gasteiger charge is 2.46. The van der Waals surface area contributed by atoms with E-state index in [2.05, 4.69) is 0 Å². The van der Waals surface area contributed by atoms with Gasteiger partial charge in [-0.25, -0.2) is 0 Å². The molecule has 8 nitrogen and oxygen atoms in total. The zero-order chi connectivity index (χ0) is 13.6. The summed E-state index contributed by atoms with van der Waals surface area (Å²) in [7, 11) is 0. The van der Waals surface area contributed by atoms with Gasteiger partial charge in [0, 0.05) is 8.27 Å². The van der Waals surface area contributed by atoms with Crippen molar-refractivity contribution in [2.24, 2.45) is 0 Å². The van der Waals surface area contributed by atoms with Crippen molar-refractivity contribution in [3.8, 4) is 0 Å². The summed E-state index contributed by atoms with van der Waals surface area (Å²) in [5, 5.41) is 47.8. The van der Waals surface area contributed by atoms with E-state index >= 15 is 0 Å². The highest BCUT2D eigenvalue weighted by molar-refractivity contribution is 5.74. The fraction of sp³-hybridized carbons (Fsp3) is 0.750. The van der Waals surface area contributed by atoms with Crippen LogP contribution >= 0.6 is 0 Å². The first-order valence-electron chi connectivity index (χ1n) is 4.97. The molecule has 0 spiro atoms. The van der Waals surface area contributed by atoms with Crippen molar-refractivity contribution in [3.05, 3.63) is 0 Å². The second kappa shape index (κ2) is 5.87. The number of amides is 1. The zero-order valence-corrected chi connectivity index (χ0v) is 8.28. The van der Waals surface area contributed by atoms with E-state index in [1.165, 1.54) is 0 Å². The molecule has 0 bridgehead atoms. The van der Waals surface area contributed by atoms with Gasteiger partial charge in [0.15, 0.2) is 12.0 Å². The molecule has 16 heavy (non-hydrogen) atoms. The topological polar surface area (TPSA) is 147 Å². The SMILES string of the molecule is [2H]CC(=O)N[C@@](O)([C@H](O)CO)[C@H](O)[C@@H](O)C=O. The molecular formula is C8H15NO7. The lowest BCUT2D eigenvalue weighted by molar-refractivity contribution is -0.200. The van der Waals surface area contributed by atoms with Gasteiger partial charge in [-0.2, -0.15) is 0 Å². The van der Waals surface area contributed by atoms with E-state index in [1.807, 2.05) is 0 Å². The Kier molecular flexibility index (Phi) is 4.77. The van der Waals surface area contributed by atoms with Crippen LogP contribution in [-0.2, 0) is 9.59 Å². The van der Waals surface area contributed by atoms with Crippen molar-refractivity contribution in [3.63, 3.8) is 0 Å². The second-order valence-corrected chi connectivity index (χ2v) is 3.14. The lowest BCUT2D eigenvalue weighted by Crippen LogP contribution is -2.67. The molecule has 0 aromatic rings. The Hall–Kier alpha value is -1.06. The van der Waals surface area contributed by atoms with E-state index in [1.54, 1.807) is 5.32 Å². The Labute approximate surface area is 92.5 Å². The molecule has 0 aromatic carbocycles. The van der Waals surface area contributed by atoms with Gasteiger partial charge in [-0.15, -0.1) is 0 Å². The van der Waals surface area contributed by atoms with Crippen molar-refractivity contribution in [1.82, 2.24) is 5.32 Å². The molecule has 1 amide bonds. The highest BCUT2D eigenvalue weighted by atomic mass is 16.4. The number of aliphatic hydroxyl groups is 5. The summed E-state index contributed by atoms with van der Waals surface area (Å²) in [5.41, 5.74) is -2.83. The van der Waals surface area contributed by atoms with Crippen molar-refractivity contribution >= 4 is 12.2 Å². The second-order valence-electron chi connectivity index (χ2n) is 3.14. The molecule has 0 unspecified atom stereocenters. The van der Waals surface area contributed by atoms with E-state index in [0.29, 0.717) is 0 Å². The molecule has 0 rings (SSSR count). The maximum Gasteiger partial charge on any atom is 0.219 e. The Balaban J connectivity index is 5.08. The molecular weight excluding hydrogens is 222 g/mol. The van der Waals surface area contributed by atoms with E-state index in [-0.39, 0.29) is 6.29 Å². The molecule has 4 atom stereocenters. The molecule has 0 aliphatic rings. The minimum absolute atomic E-state index is 0.118. The Morgan fingerprint density at radius 1 is 1.56 bits per heavy atom. The maximum atomic E-state index is 10.9. The molecule has 0 aromatic heterocycles. The molecule has 0 aliphatic heterocycles. The molecule has 94 valence electrons. The van der Waals surface area contributed by atoms with Gasteiger partial charge >= 0.3 is 0 Å². The molecule has 6 N–H and O–H groups in total. The number of nitrogens with one attached hydrogen (secondary N) is 1. The number of rotatable bonds is 6. The molecule has 0 heterocycles. The van der Waals surface area contributed by atoms with Gasteiger partial charge in [0.05, 0.1) is 6.61 Å². The van der Waals surface area contributed by atoms with Gasteiger partial charge in [-0.1, -0.05) is 0 Å².